The zero-order valence-corrected chi connectivity index (χ0v) is 12.5. The zero-order chi connectivity index (χ0) is 15.5. The predicted octanol–water partition coefficient (Wildman–Crippen LogP) is 0.591. The molecule has 0 N–H and O–H groups in total. The van der Waals surface area contributed by atoms with Gasteiger partial charge in [-0.2, -0.15) is 15.3 Å². The highest BCUT2D eigenvalue weighted by atomic mass is 16.2. The monoisotopic (exact) mass is 299 g/mol. The van der Waals surface area contributed by atoms with Gasteiger partial charge in [-0.05, 0) is 18.2 Å². The van der Waals surface area contributed by atoms with Crippen LogP contribution in [0.4, 0.5) is 0 Å². The number of hydrogen-bond donors (Lipinski definition) is 0. The van der Waals surface area contributed by atoms with Crippen LogP contribution in [0.1, 0.15) is 16.2 Å². The van der Waals surface area contributed by atoms with Crippen molar-refractivity contribution in [3.8, 4) is 0 Å². The minimum atomic E-state index is -0.125. The molecule has 0 bridgehead atoms. The first kappa shape index (κ1) is 14.1. The second kappa shape index (κ2) is 5.84. The summed E-state index contributed by atoms with van der Waals surface area (Å²) in [5, 5.41) is 12.5. The number of carbonyl (C=O) groups excluding carboxylic acids is 1. The summed E-state index contributed by atoms with van der Waals surface area (Å²) in [6, 6.07) is 5.45. The minimum Gasteiger partial charge on any atom is -0.334 e. The Bertz CT molecular complexity index is 756. The summed E-state index contributed by atoms with van der Waals surface area (Å²) < 4.78 is 5.17. The van der Waals surface area contributed by atoms with Crippen molar-refractivity contribution >= 4 is 5.91 Å². The Labute approximate surface area is 127 Å². The van der Waals surface area contributed by atoms with Gasteiger partial charge in [0.05, 0.1) is 12.2 Å². The van der Waals surface area contributed by atoms with E-state index < -0.39 is 0 Å². The summed E-state index contributed by atoms with van der Waals surface area (Å²) in [6.45, 7) is 0.965. The van der Waals surface area contributed by atoms with E-state index in [1.165, 1.54) is 0 Å². The maximum atomic E-state index is 12.4. The Hall–Kier alpha value is -2.90. The molecule has 3 rings (SSSR count). The Balaban J connectivity index is 1.67. The fourth-order valence-corrected chi connectivity index (χ4v) is 2.15. The van der Waals surface area contributed by atoms with E-state index in [1.54, 1.807) is 50.6 Å². The van der Waals surface area contributed by atoms with Crippen molar-refractivity contribution in [3.05, 3.63) is 54.4 Å². The second-order valence-electron chi connectivity index (χ2n) is 5.03. The van der Waals surface area contributed by atoms with Gasteiger partial charge in [0.1, 0.15) is 12.4 Å². The largest absolute Gasteiger partial charge is 0.334 e. The number of hydrogen-bond acceptors (Lipinski definition) is 4. The van der Waals surface area contributed by atoms with E-state index in [0.717, 1.165) is 5.69 Å². The van der Waals surface area contributed by atoms with Crippen LogP contribution in [0, 0.1) is 0 Å². The van der Waals surface area contributed by atoms with E-state index >= 15 is 0 Å². The second-order valence-corrected chi connectivity index (χ2v) is 5.03. The normalized spacial score (nSPS) is 10.8. The molecule has 0 aliphatic heterocycles. The molecule has 114 valence electrons. The van der Waals surface area contributed by atoms with Crippen molar-refractivity contribution in [1.82, 2.24) is 34.2 Å². The molecule has 8 heteroatoms. The van der Waals surface area contributed by atoms with Crippen LogP contribution >= 0.6 is 0 Å². The van der Waals surface area contributed by atoms with Crippen molar-refractivity contribution in [3.63, 3.8) is 0 Å². The van der Waals surface area contributed by atoms with Gasteiger partial charge in [-0.15, -0.1) is 0 Å². The topological polar surface area (TPSA) is 73.8 Å². The smallest absolute Gasteiger partial charge is 0.274 e. The number of aryl methyl sites for hydroxylation is 1. The van der Waals surface area contributed by atoms with E-state index in [2.05, 4.69) is 15.3 Å². The van der Waals surface area contributed by atoms with Crippen molar-refractivity contribution in [1.29, 1.82) is 0 Å². The molecule has 0 aliphatic carbocycles. The van der Waals surface area contributed by atoms with E-state index in [4.69, 9.17) is 0 Å². The van der Waals surface area contributed by atoms with Crippen LogP contribution in [-0.2, 0) is 20.3 Å². The Morgan fingerprint density at radius 1 is 1.18 bits per heavy atom. The molecule has 0 radical (unpaired) electrons. The number of amides is 1. The van der Waals surface area contributed by atoms with Gasteiger partial charge in [-0.3, -0.25) is 18.8 Å². The lowest BCUT2D eigenvalue weighted by Crippen LogP contribution is -2.27. The van der Waals surface area contributed by atoms with Crippen molar-refractivity contribution in [2.75, 3.05) is 7.05 Å². The fourth-order valence-electron chi connectivity index (χ4n) is 2.15. The molecule has 1 amide bonds. The summed E-state index contributed by atoms with van der Waals surface area (Å²) in [6.07, 6.45) is 7.04. The Morgan fingerprint density at radius 3 is 2.73 bits per heavy atom. The molecule has 0 unspecified atom stereocenters. The van der Waals surface area contributed by atoms with E-state index in [-0.39, 0.29) is 5.91 Å². The number of nitrogens with zero attached hydrogens (tertiary/aromatic N) is 7. The van der Waals surface area contributed by atoms with Gasteiger partial charge >= 0.3 is 0 Å². The van der Waals surface area contributed by atoms with Crippen LogP contribution in [0.2, 0.25) is 0 Å². The average molecular weight is 299 g/mol. The molecule has 3 aromatic rings. The van der Waals surface area contributed by atoms with Crippen LogP contribution in [0.15, 0.2) is 43.0 Å². The molecule has 3 aromatic heterocycles. The van der Waals surface area contributed by atoms with Crippen LogP contribution < -0.4 is 0 Å². The molecule has 0 fully saturated rings. The molecule has 3 heterocycles. The van der Waals surface area contributed by atoms with Gasteiger partial charge in [-0.1, -0.05) is 0 Å². The van der Waals surface area contributed by atoms with Crippen molar-refractivity contribution in [2.24, 2.45) is 7.05 Å². The van der Waals surface area contributed by atoms with Crippen LogP contribution in [0.5, 0.6) is 0 Å². The van der Waals surface area contributed by atoms with E-state index in [1.807, 2.05) is 25.4 Å². The molecule has 0 aromatic carbocycles. The van der Waals surface area contributed by atoms with Crippen LogP contribution in [-0.4, -0.2) is 47.2 Å². The number of carbonyl (C=O) groups is 1. The first-order chi connectivity index (χ1) is 10.6. The first-order valence-corrected chi connectivity index (χ1v) is 6.87. The Kier molecular flexibility index (Phi) is 3.73. The summed E-state index contributed by atoms with van der Waals surface area (Å²) >= 11 is 0. The molecule has 0 saturated heterocycles. The molecular weight excluding hydrogens is 282 g/mol. The summed E-state index contributed by atoms with van der Waals surface area (Å²) in [4.78, 5) is 14.0. The molecular formula is C14H17N7O. The average Bonchev–Trinajstić information content (AvgIpc) is 3.23. The van der Waals surface area contributed by atoms with Gasteiger partial charge in [0.25, 0.3) is 5.91 Å². The highest BCUT2D eigenvalue weighted by molar-refractivity contribution is 5.91. The zero-order valence-electron chi connectivity index (χ0n) is 12.5. The highest BCUT2D eigenvalue weighted by Gasteiger charge is 2.16. The van der Waals surface area contributed by atoms with Gasteiger partial charge < -0.3 is 4.90 Å². The third-order valence-electron chi connectivity index (χ3n) is 3.38. The van der Waals surface area contributed by atoms with E-state index in [0.29, 0.717) is 18.9 Å². The summed E-state index contributed by atoms with van der Waals surface area (Å²) in [7, 11) is 3.61. The maximum absolute atomic E-state index is 12.4. The number of rotatable bonds is 5. The van der Waals surface area contributed by atoms with Gasteiger partial charge in [0, 0.05) is 38.9 Å². The van der Waals surface area contributed by atoms with Gasteiger partial charge in [-0.25, -0.2) is 0 Å². The standard InChI is InChI=1S/C14H17N7O/c1-18(10-12-4-7-15-19(12)2)14(22)13-5-9-21(17-13)11-20-8-3-6-16-20/h3-9H,10-11H2,1-2H3. The SMILES string of the molecule is CN(Cc1ccnn1C)C(=O)c1ccn(Cn2cccn2)n1. The third kappa shape index (κ3) is 2.90. The summed E-state index contributed by atoms with van der Waals surface area (Å²) in [5.41, 5.74) is 1.38. The Morgan fingerprint density at radius 2 is 2.05 bits per heavy atom. The fraction of sp³-hybridized carbons (Fsp3) is 0.286. The molecule has 0 saturated carbocycles. The third-order valence-corrected chi connectivity index (χ3v) is 3.38. The number of aromatic nitrogens is 6. The van der Waals surface area contributed by atoms with Gasteiger partial charge in [0.2, 0.25) is 0 Å². The minimum absolute atomic E-state index is 0.125. The molecule has 22 heavy (non-hydrogen) atoms. The van der Waals surface area contributed by atoms with Crippen molar-refractivity contribution < 1.29 is 4.79 Å². The first-order valence-electron chi connectivity index (χ1n) is 6.87. The molecule has 0 spiro atoms. The van der Waals surface area contributed by atoms with Crippen molar-refractivity contribution in [2.45, 2.75) is 13.2 Å². The molecule has 0 atom stereocenters. The maximum Gasteiger partial charge on any atom is 0.274 e. The van der Waals surface area contributed by atoms with Crippen LogP contribution in [0.3, 0.4) is 0 Å². The predicted molar refractivity (Wildman–Crippen MR) is 78.9 cm³/mol. The highest BCUT2D eigenvalue weighted by Crippen LogP contribution is 2.06. The van der Waals surface area contributed by atoms with E-state index in [9.17, 15) is 4.79 Å². The quantitative estimate of drug-likeness (QED) is 0.691. The van der Waals surface area contributed by atoms with Gasteiger partial charge in [0.15, 0.2) is 0 Å². The molecule has 0 aliphatic rings. The summed E-state index contributed by atoms with van der Waals surface area (Å²) in [5.74, 6) is -0.125. The lowest BCUT2D eigenvalue weighted by atomic mass is 10.3. The lowest BCUT2D eigenvalue weighted by Gasteiger charge is -2.15. The molecule has 8 nitrogen and oxygen atoms in total. The van der Waals surface area contributed by atoms with Crippen LogP contribution in [0.25, 0.3) is 0 Å². The lowest BCUT2D eigenvalue weighted by molar-refractivity contribution is 0.0775.